The van der Waals surface area contributed by atoms with E-state index in [0.717, 1.165) is 0 Å². The van der Waals surface area contributed by atoms with Gasteiger partial charge < -0.3 is 0 Å². The Labute approximate surface area is 94.2 Å². The Bertz CT molecular complexity index is 438. The zero-order valence-corrected chi connectivity index (χ0v) is 9.97. The lowest BCUT2D eigenvalue weighted by Gasteiger charge is -2.20. The molecular weight excluding hydrogens is 234 g/mol. The van der Waals surface area contributed by atoms with E-state index in [1.165, 1.54) is 38.1 Å². The van der Waals surface area contributed by atoms with Crippen molar-refractivity contribution in [2.75, 3.05) is 5.75 Å². The van der Waals surface area contributed by atoms with Crippen LogP contribution in [0.4, 0.5) is 8.78 Å². The highest BCUT2D eigenvalue weighted by Crippen LogP contribution is 2.28. The second-order valence-corrected chi connectivity index (χ2v) is 5.98. The normalized spacial score (nSPS) is 13.1. The third kappa shape index (κ3) is 3.01. The smallest absolute Gasteiger partial charge is 0.223 e. The van der Waals surface area contributed by atoms with Gasteiger partial charge in [0.1, 0.15) is 5.75 Å². The zero-order chi connectivity index (χ0) is 12.4. The summed E-state index contributed by atoms with van der Waals surface area (Å²) in [5, 5.41) is 0. The third-order valence-corrected chi connectivity index (χ3v) is 4.08. The Kier molecular flexibility index (Phi) is 3.68. The van der Waals surface area contributed by atoms with E-state index in [4.69, 9.17) is 0 Å². The van der Waals surface area contributed by atoms with Gasteiger partial charge >= 0.3 is 0 Å². The molecule has 1 aromatic rings. The first kappa shape index (κ1) is 13.1. The maximum absolute atomic E-state index is 13.3. The lowest BCUT2D eigenvalue weighted by molar-refractivity contribution is -0.0214. The molecule has 5 heteroatoms. The Balaban J connectivity index is 2.98. The van der Waals surface area contributed by atoms with Crippen molar-refractivity contribution in [1.29, 1.82) is 0 Å². The van der Waals surface area contributed by atoms with Crippen molar-refractivity contribution >= 4 is 9.84 Å². The van der Waals surface area contributed by atoms with Crippen LogP contribution < -0.4 is 0 Å². The number of benzene rings is 1. The summed E-state index contributed by atoms with van der Waals surface area (Å²) < 4.78 is 50.0. The molecule has 0 fully saturated rings. The van der Waals surface area contributed by atoms with Gasteiger partial charge in [-0.25, -0.2) is 17.2 Å². The number of hydrogen-bond donors (Lipinski definition) is 0. The van der Waals surface area contributed by atoms with E-state index in [1.54, 1.807) is 6.07 Å². The van der Waals surface area contributed by atoms with Crippen LogP contribution in [0.15, 0.2) is 35.2 Å². The monoisotopic (exact) mass is 248 g/mol. The van der Waals surface area contributed by atoms with Crippen molar-refractivity contribution in [3.8, 4) is 0 Å². The molecule has 0 spiro atoms. The van der Waals surface area contributed by atoms with Crippen LogP contribution in [-0.4, -0.2) is 20.1 Å². The van der Waals surface area contributed by atoms with Gasteiger partial charge in [-0.3, -0.25) is 0 Å². The van der Waals surface area contributed by atoms with E-state index in [-0.39, 0.29) is 4.90 Å². The van der Waals surface area contributed by atoms with Crippen molar-refractivity contribution < 1.29 is 17.2 Å². The highest BCUT2D eigenvalue weighted by atomic mass is 32.2. The van der Waals surface area contributed by atoms with E-state index in [9.17, 15) is 17.2 Å². The Morgan fingerprint density at radius 1 is 1.19 bits per heavy atom. The van der Waals surface area contributed by atoms with Gasteiger partial charge in [0.2, 0.25) is 0 Å². The molecule has 0 aromatic heterocycles. The van der Waals surface area contributed by atoms with Crippen molar-refractivity contribution in [2.24, 2.45) is 5.92 Å². The topological polar surface area (TPSA) is 34.1 Å². The van der Waals surface area contributed by atoms with Gasteiger partial charge in [-0.1, -0.05) is 32.0 Å². The van der Waals surface area contributed by atoms with Crippen LogP contribution >= 0.6 is 0 Å². The molecule has 0 saturated carbocycles. The van der Waals surface area contributed by atoms with Crippen LogP contribution in [0.5, 0.6) is 0 Å². The zero-order valence-electron chi connectivity index (χ0n) is 9.15. The summed E-state index contributed by atoms with van der Waals surface area (Å²) in [5.74, 6) is -5.33. The van der Waals surface area contributed by atoms with Gasteiger partial charge in [0, 0.05) is 5.92 Å². The van der Waals surface area contributed by atoms with Crippen LogP contribution in [0.25, 0.3) is 0 Å². The molecular formula is C11H14F2O2S. The summed E-state index contributed by atoms with van der Waals surface area (Å²) in [6.45, 7) is 2.61. The average Bonchev–Trinajstić information content (AvgIpc) is 2.17. The molecule has 2 nitrogen and oxygen atoms in total. The number of halogens is 2. The van der Waals surface area contributed by atoms with Crippen LogP contribution in [0, 0.1) is 5.92 Å². The highest BCUT2D eigenvalue weighted by Gasteiger charge is 2.39. The molecule has 0 aliphatic heterocycles. The molecule has 0 unspecified atom stereocenters. The van der Waals surface area contributed by atoms with E-state index in [1.807, 2.05) is 0 Å². The van der Waals surface area contributed by atoms with Gasteiger partial charge in [0.05, 0.1) is 4.90 Å². The van der Waals surface area contributed by atoms with Crippen molar-refractivity contribution in [2.45, 2.75) is 24.7 Å². The summed E-state index contributed by atoms with van der Waals surface area (Å²) in [6.07, 6.45) is 0. The minimum absolute atomic E-state index is 0.0599. The van der Waals surface area contributed by atoms with Gasteiger partial charge in [0.15, 0.2) is 9.84 Å². The summed E-state index contributed by atoms with van der Waals surface area (Å²) in [4.78, 5) is -0.0599. The molecule has 0 saturated heterocycles. The first-order valence-corrected chi connectivity index (χ1v) is 6.56. The fraction of sp³-hybridized carbons (Fsp3) is 0.455. The lowest BCUT2D eigenvalue weighted by Crippen LogP contribution is -2.33. The fourth-order valence-electron chi connectivity index (χ4n) is 1.13. The molecule has 1 rings (SSSR count). The minimum Gasteiger partial charge on any atom is -0.223 e. The number of alkyl halides is 2. The molecule has 16 heavy (non-hydrogen) atoms. The van der Waals surface area contributed by atoms with Crippen LogP contribution in [0.2, 0.25) is 0 Å². The molecule has 0 bridgehead atoms. The second-order valence-electron chi connectivity index (χ2n) is 3.99. The number of hydrogen-bond acceptors (Lipinski definition) is 2. The van der Waals surface area contributed by atoms with Crippen LogP contribution in [0.1, 0.15) is 13.8 Å². The molecule has 0 heterocycles. The Morgan fingerprint density at radius 2 is 1.69 bits per heavy atom. The minimum atomic E-state index is -3.91. The molecule has 0 atom stereocenters. The highest BCUT2D eigenvalue weighted by molar-refractivity contribution is 7.91. The molecule has 0 N–H and O–H groups in total. The largest absolute Gasteiger partial charge is 0.264 e. The maximum atomic E-state index is 13.3. The molecule has 0 aliphatic carbocycles. The molecule has 0 amide bonds. The van der Waals surface area contributed by atoms with Gasteiger partial charge in [-0.05, 0) is 12.1 Å². The summed E-state index contributed by atoms with van der Waals surface area (Å²) >= 11 is 0. The maximum Gasteiger partial charge on any atom is 0.264 e. The fourth-order valence-corrected chi connectivity index (χ4v) is 2.71. The molecule has 0 aliphatic rings. The summed E-state index contributed by atoms with van der Waals surface area (Å²) in [7, 11) is -3.91. The van der Waals surface area contributed by atoms with E-state index < -0.39 is 27.4 Å². The summed E-state index contributed by atoms with van der Waals surface area (Å²) in [6, 6.07) is 7.32. The number of rotatable bonds is 4. The second kappa shape index (κ2) is 4.49. The Morgan fingerprint density at radius 3 is 2.12 bits per heavy atom. The van der Waals surface area contributed by atoms with Gasteiger partial charge in [0.25, 0.3) is 5.92 Å². The third-order valence-electron chi connectivity index (χ3n) is 2.33. The predicted molar refractivity (Wildman–Crippen MR) is 58.3 cm³/mol. The molecule has 90 valence electrons. The first-order chi connectivity index (χ1) is 7.26. The van der Waals surface area contributed by atoms with Crippen LogP contribution in [-0.2, 0) is 9.84 Å². The van der Waals surface area contributed by atoms with Crippen molar-refractivity contribution in [3.63, 3.8) is 0 Å². The van der Waals surface area contributed by atoms with Crippen molar-refractivity contribution in [3.05, 3.63) is 30.3 Å². The standard InChI is InChI=1S/C11H14F2O2S/c1-9(2)11(12,13)8-16(14,15)10-6-4-3-5-7-10/h3-7,9H,8H2,1-2H3. The lowest BCUT2D eigenvalue weighted by atomic mass is 10.1. The van der Waals surface area contributed by atoms with Crippen molar-refractivity contribution in [1.82, 2.24) is 0 Å². The first-order valence-electron chi connectivity index (χ1n) is 4.91. The Hall–Kier alpha value is -0.970. The SMILES string of the molecule is CC(C)C(F)(F)CS(=O)(=O)c1ccccc1. The van der Waals surface area contributed by atoms with E-state index in [2.05, 4.69) is 0 Å². The molecule has 1 aromatic carbocycles. The predicted octanol–water partition coefficient (Wildman–Crippen LogP) is 2.75. The number of sulfone groups is 1. The van der Waals surface area contributed by atoms with E-state index >= 15 is 0 Å². The summed E-state index contributed by atoms with van der Waals surface area (Å²) in [5.41, 5.74) is 0. The van der Waals surface area contributed by atoms with E-state index in [0.29, 0.717) is 0 Å². The van der Waals surface area contributed by atoms with Gasteiger partial charge in [-0.2, -0.15) is 0 Å². The molecule has 0 radical (unpaired) electrons. The van der Waals surface area contributed by atoms with Gasteiger partial charge in [-0.15, -0.1) is 0 Å². The van der Waals surface area contributed by atoms with Crippen LogP contribution in [0.3, 0.4) is 0 Å². The quantitative estimate of drug-likeness (QED) is 0.821. The average molecular weight is 248 g/mol.